The van der Waals surface area contributed by atoms with Crippen LogP contribution in [0.1, 0.15) is 50.0 Å². The summed E-state index contributed by atoms with van der Waals surface area (Å²) in [5, 5.41) is 3.13. The average molecular weight is 312 g/mol. The van der Waals surface area contributed by atoms with Crippen molar-refractivity contribution in [2.24, 2.45) is 0 Å². The van der Waals surface area contributed by atoms with Gasteiger partial charge in [0, 0.05) is 24.4 Å². The summed E-state index contributed by atoms with van der Waals surface area (Å²) >= 11 is 0. The molecule has 1 aliphatic rings. The molecule has 1 fully saturated rings. The van der Waals surface area contributed by atoms with Crippen molar-refractivity contribution in [2.45, 2.75) is 57.9 Å². The summed E-state index contributed by atoms with van der Waals surface area (Å²) in [7, 11) is 0. The van der Waals surface area contributed by atoms with Gasteiger partial charge in [-0.15, -0.1) is 0 Å². The topological polar surface area (TPSA) is 55.1 Å². The summed E-state index contributed by atoms with van der Waals surface area (Å²) in [6.45, 7) is 2.06. The third-order valence-corrected chi connectivity index (χ3v) is 4.43. The van der Waals surface area contributed by atoms with Crippen LogP contribution in [0.2, 0.25) is 0 Å². The first kappa shape index (κ1) is 15.8. The molecule has 0 saturated heterocycles. The van der Waals surface area contributed by atoms with E-state index in [0.29, 0.717) is 24.8 Å². The molecule has 0 radical (unpaired) electrons. The highest BCUT2D eigenvalue weighted by atomic mass is 16.4. The second-order valence-corrected chi connectivity index (χ2v) is 6.39. The van der Waals surface area contributed by atoms with Crippen LogP contribution in [0.4, 0.5) is 0 Å². The molecule has 0 unspecified atom stereocenters. The molecule has 0 spiro atoms. The molecule has 122 valence electrons. The quantitative estimate of drug-likeness (QED) is 0.907. The van der Waals surface area contributed by atoms with Gasteiger partial charge in [-0.3, -0.25) is 4.79 Å². The van der Waals surface area contributed by atoms with Gasteiger partial charge in [-0.1, -0.05) is 49.1 Å². The molecule has 0 aliphatic heterocycles. The van der Waals surface area contributed by atoms with Gasteiger partial charge in [0.25, 0.3) is 0 Å². The summed E-state index contributed by atoms with van der Waals surface area (Å²) in [5.74, 6) is 1.49. The van der Waals surface area contributed by atoms with Gasteiger partial charge in [0.15, 0.2) is 11.7 Å². The number of aromatic nitrogens is 1. The number of nitrogens with zero attached hydrogens (tertiary/aromatic N) is 1. The first-order valence-corrected chi connectivity index (χ1v) is 8.52. The van der Waals surface area contributed by atoms with Crippen molar-refractivity contribution in [1.82, 2.24) is 10.3 Å². The van der Waals surface area contributed by atoms with E-state index >= 15 is 0 Å². The van der Waals surface area contributed by atoms with Crippen LogP contribution >= 0.6 is 0 Å². The van der Waals surface area contributed by atoms with E-state index in [1.807, 2.05) is 12.1 Å². The van der Waals surface area contributed by atoms with Crippen molar-refractivity contribution < 1.29 is 9.21 Å². The van der Waals surface area contributed by atoms with E-state index < -0.39 is 0 Å². The maximum Gasteiger partial charge on any atom is 0.220 e. The summed E-state index contributed by atoms with van der Waals surface area (Å²) in [4.78, 5) is 16.3. The lowest BCUT2D eigenvalue weighted by Gasteiger charge is -2.22. The first-order chi connectivity index (χ1) is 11.2. The minimum atomic E-state index is 0.104. The van der Waals surface area contributed by atoms with E-state index in [2.05, 4.69) is 29.4 Å². The predicted octanol–water partition coefficient (Wildman–Crippen LogP) is 4.03. The molecule has 4 heteroatoms. The Balaban J connectivity index is 1.50. The third kappa shape index (κ3) is 4.44. The number of oxazole rings is 1. The van der Waals surface area contributed by atoms with Crippen molar-refractivity contribution >= 4 is 5.91 Å². The van der Waals surface area contributed by atoms with E-state index in [4.69, 9.17) is 4.42 Å². The monoisotopic (exact) mass is 312 g/mol. The van der Waals surface area contributed by atoms with Gasteiger partial charge in [0.1, 0.15) is 0 Å². The van der Waals surface area contributed by atoms with Crippen LogP contribution in [0.5, 0.6) is 0 Å². The van der Waals surface area contributed by atoms with Crippen molar-refractivity contribution in [3.63, 3.8) is 0 Å². The number of carbonyl (C=O) groups is 1. The fourth-order valence-corrected chi connectivity index (χ4v) is 3.04. The Morgan fingerprint density at radius 1 is 1.22 bits per heavy atom. The molecule has 1 N–H and O–H groups in total. The fraction of sp³-hybridized carbons (Fsp3) is 0.474. The van der Waals surface area contributed by atoms with Crippen LogP contribution < -0.4 is 5.32 Å². The van der Waals surface area contributed by atoms with Gasteiger partial charge in [-0.2, -0.15) is 0 Å². The van der Waals surface area contributed by atoms with E-state index in [1.165, 1.54) is 24.8 Å². The van der Waals surface area contributed by atoms with Crippen molar-refractivity contribution in [3.8, 4) is 11.3 Å². The van der Waals surface area contributed by atoms with E-state index in [1.54, 1.807) is 6.20 Å². The Labute approximate surface area is 137 Å². The maximum absolute atomic E-state index is 12.0. The van der Waals surface area contributed by atoms with Gasteiger partial charge in [0.2, 0.25) is 5.91 Å². The van der Waals surface area contributed by atoms with Crippen LogP contribution in [0.15, 0.2) is 34.9 Å². The van der Waals surface area contributed by atoms with Gasteiger partial charge in [-0.05, 0) is 19.8 Å². The molecule has 4 nitrogen and oxygen atoms in total. The summed E-state index contributed by atoms with van der Waals surface area (Å²) in [6.07, 6.45) is 8.69. The molecule has 1 aromatic heterocycles. The molecule has 1 amide bonds. The molecule has 0 atom stereocenters. The lowest BCUT2D eigenvalue weighted by atomic mass is 9.95. The van der Waals surface area contributed by atoms with Gasteiger partial charge >= 0.3 is 0 Å². The van der Waals surface area contributed by atoms with E-state index in [9.17, 15) is 4.79 Å². The Morgan fingerprint density at radius 3 is 2.70 bits per heavy atom. The van der Waals surface area contributed by atoms with Crippen molar-refractivity contribution in [3.05, 3.63) is 41.9 Å². The molecule has 1 saturated carbocycles. The molecule has 1 heterocycles. The highest BCUT2D eigenvalue weighted by Crippen LogP contribution is 2.21. The minimum Gasteiger partial charge on any atom is -0.441 e. The number of carbonyl (C=O) groups excluding carboxylic acids is 1. The number of benzene rings is 1. The molecule has 3 rings (SSSR count). The fourth-order valence-electron chi connectivity index (χ4n) is 3.04. The summed E-state index contributed by atoms with van der Waals surface area (Å²) in [6, 6.07) is 8.51. The number of aryl methyl sites for hydroxylation is 2. The van der Waals surface area contributed by atoms with E-state index in [0.717, 1.165) is 24.2 Å². The lowest BCUT2D eigenvalue weighted by Crippen LogP contribution is -2.36. The number of hydrogen-bond acceptors (Lipinski definition) is 3. The summed E-state index contributed by atoms with van der Waals surface area (Å²) < 4.78 is 5.76. The molecule has 1 aliphatic carbocycles. The van der Waals surface area contributed by atoms with Gasteiger partial charge in [-0.25, -0.2) is 4.98 Å². The number of hydrogen-bond donors (Lipinski definition) is 1. The van der Waals surface area contributed by atoms with Gasteiger partial charge in [0.05, 0.1) is 6.20 Å². The van der Waals surface area contributed by atoms with Gasteiger partial charge < -0.3 is 9.73 Å². The van der Waals surface area contributed by atoms with Crippen LogP contribution in [0.25, 0.3) is 11.3 Å². The van der Waals surface area contributed by atoms with Crippen LogP contribution in [-0.2, 0) is 11.2 Å². The molecular formula is C19H24N2O2. The zero-order chi connectivity index (χ0) is 16.1. The zero-order valence-corrected chi connectivity index (χ0v) is 13.7. The average Bonchev–Trinajstić information content (AvgIpc) is 3.04. The molecule has 2 aromatic rings. The molecular weight excluding hydrogens is 288 g/mol. The lowest BCUT2D eigenvalue weighted by molar-refractivity contribution is -0.122. The first-order valence-electron chi connectivity index (χ1n) is 8.52. The van der Waals surface area contributed by atoms with Crippen molar-refractivity contribution in [2.75, 3.05) is 0 Å². The maximum atomic E-state index is 12.0. The number of rotatable bonds is 5. The predicted molar refractivity (Wildman–Crippen MR) is 90.0 cm³/mol. The second-order valence-electron chi connectivity index (χ2n) is 6.39. The standard InChI is InChI=1S/C19H24N2O2/c1-14-7-9-15(10-8-14)17-13-20-19(23-17)12-11-18(22)21-16-5-3-2-4-6-16/h7-10,13,16H,2-6,11-12H2,1H3,(H,21,22). The minimum absolute atomic E-state index is 0.104. The van der Waals surface area contributed by atoms with Crippen LogP contribution in [0.3, 0.4) is 0 Å². The third-order valence-electron chi connectivity index (χ3n) is 4.43. The molecule has 1 aromatic carbocycles. The SMILES string of the molecule is Cc1ccc(-c2cnc(CCC(=O)NC3CCCCC3)o2)cc1. The number of nitrogens with one attached hydrogen (secondary N) is 1. The molecule has 0 bridgehead atoms. The highest BCUT2D eigenvalue weighted by Gasteiger charge is 2.16. The van der Waals surface area contributed by atoms with Crippen LogP contribution in [-0.4, -0.2) is 16.9 Å². The second kappa shape index (κ2) is 7.44. The summed E-state index contributed by atoms with van der Waals surface area (Å²) in [5.41, 5.74) is 2.23. The Hall–Kier alpha value is -2.10. The Bertz CT molecular complexity index is 640. The zero-order valence-electron chi connectivity index (χ0n) is 13.7. The largest absolute Gasteiger partial charge is 0.441 e. The normalized spacial score (nSPS) is 15.5. The highest BCUT2D eigenvalue weighted by molar-refractivity contribution is 5.76. The smallest absolute Gasteiger partial charge is 0.220 e. The van der Waals surface area contributed by atoms with E-state index in [-0.39, 0.29) is 5.91 Å². The Kier molecular flexibility index (Phi) is 5.11. The Morgan fingerprint density at radius 2 is 1.96 bits per heavy atom. The molecule has 23 heavy (non-hydrogen) atoms. The van der Waals surface area contributed by atoms with Crippen molar-refractivity contribution in [1.29, 1.82) is 0 Å². The number of amides is 1. The van der Waals surface area contributed by atoms with Crippen LogP contribution in [0, 0.1) is 6.92 Å².